The summed E-state index contributed by atoms with van der Waals surface area (Å²) in [6.45, 7) is 5.03. The van der Waals surface area contributed by atoms with Crippen LogP contribution in [0, 0.1) is 19.8 Å². The van der Waals surface area contributed by atoms with E-state index < -0.39 is 0 Å². The minimum atomic E-state index is 0.228. The van der Waals surface area contributed by atoms with Crippen LogP contribution in [0.25, 0.3) is 5.69 Å². The molecule has 1 aromatic heterocycles. The van der Waals surface area contributed by atoms with E-state index in [1.807, 2.05) is 6.07 Å². The second kappa shape index (κ2) is 8.00. The number of likely N-dealkylation sites (tertiary alicyclic amines) is 1. The summed E-state index contributed by atoms with van der Waals surface area (Å²) >= 11 is 1.44. The minimum Gasteiger partial charge on any atom is -0.339 e. The van der Waals surface area contributed by atoms with Gasteiger partial charge < -0.3 is 4.90 Å². The van der Waals surface area contributed by atoms with Crippen LogP contribution in [-0.4, -0.2) is 49.4 Å². The first-order valence-corrected chi connectivity index (χ1v) is 10.9. The van der Waals surface area contributed by atoms with E-state index in [1.54, 1.807) is 4.68 Å². The molecule has 1 saturated heterocycles. The maximum Gasteiger partial charge on any atom is 0.233 e. The van der Waals surface area contributed by atoms with E-state index in [0.29, 0.717) is 22.9 Å². The predicted molar refractivity (Wildman–Crippen MR) is 106 cm³/mol. The van der Waals surface area contributed by atoms with Gasteiger partial charge in [-0.05, 0) is 67.5 Å². The third kappa shape index (κ3) is 3.88. The van der Waals surface area contributed by atoms with Crippen molar-refractivity contribution >= 4 is 17.7 Å². The van der Waals surface area contributed by atoms with E-state index in [0.717, 1.165) is 24.2 Å². The molecule has 0 N–H and O–H groups in total. The number of hydrogen-bond donors (Lipinski definition) is 0. The summed E-state index contributed by atoms with van der Waals surface area (Å²) in [5, 5.41) is 12.8. The highest BCUT2D eigenvalue weighted by atomic mass is 32.2. The van der Waals surface area contributed by atoms with Crippen LogP contribution >= 0.6 is 11.8 Å². The van der Waals surface area contributed by atoms with Gasteiger partial charge in [-0.3, -0.25) is 4.79 Å². The minimum absolute atomic E-state index is 0.228. The number of amides is 1. The average molecular weight is 386 g/mol. The first-order chi connectivity index (χ1) is 13.1. The molecular formula is C20H27N5OS. The molecule has 2 heterocycles. The number of hydrogen-bond acceptors (Lipinski definition) is 5. The van der Waals surface area contributed by atoms with Crippen LogP contribution in [-0.2, 0) is 4.79 Å². The van der Waals surface area contributed by atoms with Gasteiger partial charge in [-0.2, -0.15) is 4.68 Å². The zero-order chi connectivity index (χ0) is 18.8. The second-order valence-corrected chi connectivity index (χ2v) is 8.74. The highest BCUT2D eigenvalue weighted by Crippen LogP contribution is 2.35. The van der Waals surface area contributed by atoms with Crippen LogP contribution in [0.15, 0.2) is 23.4 Å². The van der Waals surface area contributed by atoms with Crippen molar-refractivity contribution in [2.24, 2.45) is 5.92 Å². The van der Waals surface area contributed by atoms with Gasteiger partial charge in [0.25, 0.3) is 0 Å². The third-order valence-electron chi connectivity index (χ3n) is 5.91. The van der Waals surface area contributed by atoms with E-state index in [4.69, 9.17) is 0 Å². The fraction of sp³-hybridized carbons (Fsp3) is 0.600. The Balaban J connectivity index is 1.45. The van der Waals surface area contributed by atoms with Crippen molar-refractivity contribution in [2.45, 2.75) is 63.6 Å². The predicted octanol–water partition coefficient (Wildman–Crippen LogP) is 3.55. The Hall–Kier alpha value is -1.89. The maximum absolute atomic E-state index is 12.9. The maximum atomic E-state index is 12.9. The van der Waals surface area contributed by atoms with E-state index >= 15 is 0 Å². The fourth-order valence-electron chi connectivity index (χ4n) is 4.61. The van der Waals surface area contributed by atoms with Crippen molar-refractivity contribution in [3.05, 3.63) is 29.3 Å². The Labute approximate surface area is 164 Å². The quantitative estimate of drug-likeness (QED) is 0.753. The van der Waals surface area contributed by atoms with Crippen LogP contribution in [0.3, 0.4) is 0 Å². The lowest BCUT2D eigenvalue weighted by Crippen LogP contribution is -2.50. The molecule has 1 aromatic carbocycles. The molecule has 1 amide bonds. The summed E-state index contributed by atoms with van der Waals surface area (Å²) in [4.78, 5) is 15.1. The van der Waals surface area contributed by atoms with Crippen molar-refractivity contribution in [3.63, 3.8) is 0 Å². The normalized spacial score (nSPS) is 22.5. The molecule has 2 aliphatic rings. The summed E-state index contributed by atoms with van der Waals surface area (Å²) in [7, 11) is 0. The number of tetrazole rings is 1. The molecule has 1 aliphatic heterocycles. The van der Waals surface area contributed by atoms with E-state index in [1.165, 1.54) is 49.4 Å². The molecule has 1 aliphatic carbocycles. The number of thioether (sulfide) groups is 1. The fourth-order valence-corrected chi connectivity index (χ4v) is 5.38. The Bertz CT molecular complexity index is 818. The van der Waals surface area contributed by atoms with Gasteiger partial charge in [-0.15, -0.1) is 5.10 Å². The van der Waals surface area contributed by atoms with Crippen molar-refractivity contribution in [1.82, 2.24) is 25.1 Å². The number of aromatic nitrogens is 4. The lowest BCUT2D eigenvalue weighted by molar-refractivity contribution is -0.134. The SMILES string of the molecule is Cc1ccc(-n2nnnc2SCC(=O)N2CCC[C@@H]3CCCC[C@@H]32)c(C)c1. The van der Waals surface area contributed by atoms with Crippen molar-refractivity contribution in [3.8, 4) is 5.69 Å². The van der Waals surface area contributed by atoms with Gasteiger partial charge in [0.2, 0.25) is 11.1 Å². The Morgan fingerprint density at radius 1 is 1.19 bits per heavy atom. The lowest BCUT2D eigenvalue weighted by atomic mass is 9.78. The zero-order valence-electron chi connectivity index (χ0n) is 16.1. The molecule has 144 valence electrons. The number of piperidine rings is 1. The molecule has 7 heteroatoms. The molecule has 0 unspecified atom stereocenters. The van der Waals surface area contributed by atoms with Gasteiger partial charge >= 0.3 is 0 Å². The van der Waals surface area contributed by atoms with Crippen molar-refractivity contribution in [1.29, 1.82) is 0 Å². The molecular weight excluding hydrogens is 358 g/mol. The highest BCUT2D eigenvalue weighted by Gasteiger charge is 2.35. The van der Waals surface area contributed by atoms with Crippen molar-refractivity contribution < 1.29 is 4.79 Å². The van der Waals surface area contributed by atoms with E-state index in [-0.39, 0.29) is 5.91 Å². The second-order valence-electron chi connectivity index (χ2n) is 7.79. The lowest BCUT2D eigenvalue weighted by Gasteiger charge is -2.44. The van der Waals surface area contributed by atoms with E-state index in [9.17, 15) is 4.79 Å². The van der Waals surface area contributed by atoms with Gasteiger partial charge in [0.1, 0.15) is 0 Å². The summed E-state index contributed by atoms with van der Waals surface area (Å²) < 4.78 is 1.74. The van der Waals surface area contributed by atoms with E-state index in [2.05, 4.69) is 46.4 Å². The van der Waals surface area contributed by atoms with Crippen LogP contribution in [0.4, 0.5) is 0 Å². The molecule has 0 radical (unpaired) electrons. The summed E-state index contributed by atoms with van der Waals surface area (Å²) in [6, 6.07) is 6.66. The van der Waals surface area contributed by atoms with Gasteiger partial charge in [0.05, 0.1) is 11.4 Å². The first-order valence-electron chi connectivity index (χ1n) is 9.92. The smallest absolute Gasteiger partial charge is 0.233 e. The summed E-state index contributed by atoms with van der Waals surface area (Å²) in [5.41, 5.74) is 3.29. The molecule has 4 rings (SSSR count). The van der Waals surface area contributed by atoms with Gasteiger partial charge in [-0.25, -0.2) is 0 Å². The van der Waals surface area contributed by atoms with Crippen molar-refractivity contribution in [2.75, 3.05) is 12.3 Å². The van der Waals surface area contributed by atoms with Crippen LogP contribution in [0.5, 0.6) is 0 Å². The average Bonchev–Trinajstić information content (AvgIpc) is 3.14. The number of carbonyl (C=O) groups excluding carboxylic acids is 1. The summed E-state index contributed by atoms with van der Waals surface area (Å²) in [6.07, 6.45) is 7.45. The molecule has 2 atom stereocenters. The molecule has 1 saturated carbocycles. The molecule has 0 bridgehead atoms. The first kappa shape index (κ1) is 18.5. The van der Waals surface area contributed by atoms with Crippen LogP contribution in [0.2, 0.25) is 0 Å². The van der Waals surface area contributed by atoms with Gasteiger partial charge in [0.15, 0.2) is 0 Å². The Morgan fingerprint density at radius 2 is 2.00 bits per heavy atom. The highest BCUT2D eigenvalue weighted by molar-refractivity contribution is 7.99. The number of fused-ring (bicyclic) bond motifs is 1. The Kier molecular flexibility index (Phi) is 5.48. The summed E-state index contributed by atoms with van der Waals surface area (Å²) in [5.74, 6) is 1.34. The zero-order valence-corrected chi connectivity index (χ0v) is 16.9. The number of nitrogens with zero attached hydrogens (tertiary/aromatic N) is 5. The largest absolute Gasteiger partial charge is 0.339 e. The van der Waals surface area contributed by atoms with Gasteiger partial charge in [-0.1, -0.05) is 42.3 Å². The number of benzene rings is 1. The topological polar surface area (TPSA) is 63.9 Å². The number of rotatable bonds is 4. The van der Waals surface area contributed by atoms with Crippen LogP contribution in [0.1, 0.15) is 49.7 Å². The van der Waals surface area contributed by atoms with Crippen LogP contribution < -0.4 is 0 Å². The molecule has 2 fully saturated rings. The number of aryl methyl sites for hydroxylation is 2. The molecule has 27 heavy (non-hydrogen) atoms. The molecule has 2 aromatic rings. The standard InChI is InChI=1S/C20H27N5OS/c1-14-9-10-17(15(2)12-14)25-20(21-22-23-25)27-13-19(26)24-11-5-7-16-6-3-4-8-18(16)24/h9-10,12,16,18H,3-8,11,13H2,1-2H3/t16-,18-/m0/s1. The third-order valence-corrected chi connectivity index (χ3v) is 6.81. The Morgan fingerprint density at radius 3 is 2.85 bits per heavy atom. The number of carbonyl (C=O) groups is 1. The van der Waals surface area contributed by atoms with Gasteiger partial charge in [0, 0.05) is 12.6 Å². The molecule has 0 spiro atoms. The molecule has 6 nitrogen and oxygen atoms in total. The monoisotopic (exact) mass is 385 g/mol.